The number of nitrogens with zero attached hydrogens (tertiary/aromatic N) is 2. The largest absolute Gasteiger partial charge is 0.480 e. The zero-order valence-electron chi connectivity index (χ0n) is 9.97. The van der Waals surface area contributed by atoms with E-state index >= 15 is 0 Å². The number of aryl methyl sites for hydroxylation is 1. The second kappa shape index (κ2) is 7.62. The number of thioether (sulfide) groups is 1. The monoisotopic (exact) mass is 275 g/mol. The van der Waals surface area contributed by atoms with Crippen LogP contribution in [0.3, 0.4) is 0 Å². The first kappa shape index (κ1) is 14.4. The van der Waals surface area contributed by atoms with Gasteiger partial charge in [0, 0.05) is 12.2 Å². The molecular formula is C10H17N3O2S2. The molecule has 0 amide bonds. The van der Waals surface area contributed by atoms with Crippen LogP contribution in [0.25, 0.3) is 0 Å². The third-order valence-corrected chi connectivity index (χ3v) is 4.04. The number of aromatic nitrogens is 2. The van der Waals surface area contributed by atoms with E-state index in [4.69, 9.17) is 5.11 Å². The van der Waals surface area contributed by atoms with Crippen molar-refractivity contribution in [1.82, 2.24) is 14.7 Å². The van der Waals surface area contributed by atoms with Gasteiger partial charge in [-0.15, -0.1) is 0 Å². The van der Waals surface area contributed by atoms with E-state index in [-0.39, 0.29) is 0 Å². The Labute approximate surface area is 109 Å². The van der Waals surface area contributed by atoms with Crippen molar-refractivity contribution in [2.45, 2.75) is 37.1 Å². The quantitative estimate of drug-likeness (QED) is 0.703. The molecule has 1 aromatic rings. The van der Waals surface area contributed by atoms with E-state index in [0.717, 1.165) is 23.0 Å². The first-order chi connectivity index (χ1) is 8.17. The van der Waals surface area contributed by atoms with Crippen molar-refractivity contribution < 1.29 is 9.90 Å². The lowest BCUT2D eigenvalue weighted by Gasteiger charge is -2.11. The Morgan fingerprint density at radius 3 is 2.88 bits per heavy atom. The molecule has 96 valence electrons. The predicted molar refractivity (Wildman–Crippen MR) is 69.7 cm³/mol. The van der Waals surface area contributed by atoms with Crippen LogP contribution in [0, 0.1) is 0 Å². The number of hydrogen-bond donors (Lipinski definition) is 2. The van der Waals surface area contributed by atoms with E-state index in [2.05, 4.69) is 14.7 Å². The van der Waals surface area contributed by atoms with Gasteiger partial charge in [-0.05, 0) is 24.5 Å². The molecule has 0 bridgehead atoms. The van der Waals surface area contributed by atoms with Crippen LogP contribution in [0.4, 0.5) is 0 Å². The van der Waals surface area contributed by atoms with Gasteiger partial charge in [-0.1, -0.05) is 25.6 Å². The summed E-state index contributed by atoms with van der Waals surface area (Å²) in [6.07, 6.45) is 1.74. The normalized spacial score (nSPS) is 12.6. The Morgan fingerprint density at radius 1 is 1.59 bits per heavy atom. The maximum atomic E-state index is 11.0. The zero-order valence-corrected chi connectivity index (χ0v) is 11.6. The molecule has 1 unspecified atom stereocenters. The maximum absolute atomic E-state index is 11.0. The van der Waals surface area contributed by atoms with Gasteiger partial charge in [0.1, 0.15) is 11.9 Å². The molecule has 0 saturated heterocycles. The highest BCUT2D eigenvalue weighted by molar-refractivity contribution is 8.01. The summed E-state index contributed by atoms with van der Waals surface area (Å²) >= 11 is 2.78. The minimum Gasteiger partial charge on any atom is -0.480 e. The number of rotatable bonds is 8. The second-order valence-corrected chi connectivity index (χ2v) is 5.50. The number of carbonyl (C=O) groups is 1. The van der Waals surface area contributed by atoms with E-state index in [9.17, 15) is 4.79 Å². The van der Waals surface area contributed by atoms with E-state index in [0.29, 0.717) is 12.3 Å². The lowest BCUT2D eigenvalue weighted by atomic mass is 10.3. The molecule has 1 heterocycles. The Morgan fingerprint density at radius 2 is 2.35 bits per heavy atom. The number of nitrogens with one attached hydrogen (secondary N) is 1. The summed E-state index contributed by atoms with van der Waals surface area (Å²) in [5, 5.41) is 12.0. The van der Waals surface area contributed by atoms with Crippen LogP contribution in [-0.4, -0.2) is 38.8 Å². The van der Waals surface area contributed by atoms with Gasteiger partial charge in [-0.2, -0.15) is 4.37 Å². The molecule has 17 heavy (non-hydrogen) atoms. The van der Waals surface area contributed by atoms with Crippen molar-refractivity contribution in [2.75, 3.05) is 12.3 Å². The highest BCUT2D eigenvalue weighted by atomic mass is 32.2. The number of carboxylic acid groups (broad SMARTS) is 1. The molecule has 1 rings (SSSR count). The van der Waals surface area contributed by atoms with Crippen LogP contribution in [0.5, 0.6) is 0 Å². The molecule has 1 atom stereocenters. The second-order valence-electron chi connectivity index (χ2n) is 3.49. The molecule has 0 radical (unpaired) electrons. The molecule has 7 heteroatoms. The van der Waals surface area contributed by atoms with E-state index in [1.54, 1.807) is 0 Å². The summed E-state index contributed by atoms with van der Waals surface area (Å²) in [6.45, 7) is 4.73. The lowest BCUT2D eigenvalue weighted by Crippen LogP contribution is -2.39. The topological polar surface area (TPSA) is 75.1 Å². The van der Waals surface area contributed by atoms with Crippen LogP contribution in [0.15, 0.2) is 4.34 Å². The number of aliphatic carboxylic acids is 1. The third kappa shape index (κ3) is 5.01. The highest BCUT2D eigenvalue weighted by Crippen LogP contribution is 2.21. The Bertz CT molecular complexity index is 357. The molecule has 0 aliphatic carbocycles. The Kier molecular flexibility index (Phi) is 6.46. The first-order valence-corrected chi connectivity index (χ1v) is 7.34. The smallest absolute Gasteiger partial charge is 0.321 e. The molecule has 5 nitrogen and oxygen atoms in total. The Hall–Kier alpha value is -0.660. The molecule has 1 aromatic heterocycles. The highest BCUT2D eigenvalue weighted by Gasteiger charge is 2.17. The van der Waals surface area contributed by atoms with Crippen molar-refractivity contribution in [3.05, 3.63) is 5.82 Å². The van der Waals surface area contributed by atoms with Gasteiger partial charge in [0.2, 0.25) is 0 Å². The molecule has 0 aromatic carbocycles. The standard InChI is InChI=1S/C10H17N3O2S2/c1-3-5-11-7(9(14)15)6-16-10-12-8(4-2)13-17-10/h7,11H,3-6H2,1-2H3,(H,14,15). The SMILES string of the molecule is CCCNC(CSc1nc(CC)ns1)C(=O)O. The van der Waals surface area contributed by atoms with Crippen LogP contribution in [-0.2, 0) is 11.2 Å². The van der Waals surface area contributed by atoms with Crippen LogP contribution in [0.1, 0.15) is 26.1 Å². The van der Waals surface area contributed by atoms with Crippen molar-refractivity contribution >= 4 is 29.3 Å². The van der Waals surface area contributed by atoms with Crippen molar-refractivity contribution in [1.29, 1.82) is 0 Å². The first-order valence-electron chi connectivity index (χ1n) is 5.58. The maximum Gasteiger partial charge on any atom is 0.321 e. The van der Waals surface area contributed by atoms with Crippen LogP contribution < -0.4 is 5.32 Å². The molecule has 0 aliphatic rings. The van der Waals surface area contributed by atoms with Crippen LogP contribution in [0.2, 0.25) is 0 Å². The fourth-order valence-corrected chi connectivity index (χ4v) is 2.90. The molecule has 0 spiro atoms. The van der Waals surface area contributed by atoms with Crippen molar-refractivity contribution in [3.8, 4) is 0 Å². The molecule has 0 fully saturated rings. The third-order valence-electron chi connectivity index (χ3n) is 2.08. The van der Waals surface area contributed by atoms with Gasteiger partial charge in [-0.25, -0.2) is 4.98 Å². The average molecular weight is 275 g/mol. The van der Waals surface area contributed by atoms with Gasteiger partial charge in [-0.3, -0.25) is 4.79 Å². The van der Waals surface area contributed by atoms with Crippen LogP contribution >= 0.6 is 23.3 Å². The fourth-order valence-electron chi connectivity index (χ4n) is 1.13. The van der Waals surface area contributed by atoms with Crippen molar-refractivity contribution in [3.63, 3.8) is 0 Å². The molecule has 2 N–H and O–H groups in total. The van der Waals surface area contributed by atoms with Gasteiger partial charge in [0.25, 0.3) is 0 Å². The number of hydrogen-bond acceptors (Lipinski definition) is 6. The molecule has 0 aliphatic heterocycles. The predicted octanol–water partition coefficient (Wildman–Crippen LogP) is 1.65. The summed E-state index contributed by atoms with van der Waals surface area (Å²) in [5.41, 5.74) is 0. The molecular weight excluding hydrogens is 258 g/mol. The summed E-state index contributed by atoms with van der Waals surface area (Å²) in [4.78, 5) is 15.3. The van der Waals surface area contributed by atoms with Crippen molar-refractivity contribution in [2.24, 2.45) is 0 Å². The van der Waals surface area contributed by atoms with Gasteiger partial charge in [0.15, 0.2) is 4.34 Å². The van der Waals surface area contributed by atoms with Gasteiger partial charge < -0.3 is 10.4 Å². The Balaban J connectivity index is 2.42. The summed E-state index contributed by atoms with van der Waals surface area (Å²) in [5.74, 6) is 0.491. The molecule has 0 saturated carbocycles. The fraction of sp³-hybridized carbons (Fsp3) is 0.700. The van der Waals surface area contributed by atoms with Gasteiger partial charge in [0.05, 0.1) is 0 Å². The summed E-state index contributed by atoms with van der Waals surface area (Å²) in [7, 11) is 0. The summed E-state index contributed by atoms with van der Waals surface area (Å²) < 4.78 is 5.00. The minimum absolute atomic E-state index is 0.480. The van der Waals surface area contributed by atoms with E-state index in [1.165, 1.54) is 23.3 Å². The summed E-state index contributed by atoms with van der Waals surface area (Å²) in [6, 6.07) is -0.520. The lowest BCUT2D eigenvalue weighted by molar-refractivity contribution is -0.138. The zero-order chi connectivity index (χ0) is 12.7. The van der Waals surface area contributed by atoms with E-state index < -0.39 is 12.0 Å². The number of carboxylic acids is 1. The minimum atomic E-state index is -0.814. The van der Waals surface area contributed by atoms with E-state index in [1.807, 2.05) is 13.8 Å². The average Bonchev–Trinajstić information content (AvgIpc) is 2.76. The van der Waals surface area contributed by atoms with Gasteiger partial charge >= 0.3 is 5.97 Å².